The van der Waals surface area contributed by atoms with E-state index >= 15 is 0 Å². The quantitative estimate of drug-likeness (QED) is 0.504. The molecule has 0 heterocycles. The molecule has 0 saturated heterocycles. The van der Waals surface area contributed by atoms with E-state index in [2.05, 4.69) is 15.4 Å². The third-order valence-electron chi connectivity index (χ3n) is 4.47. The fourth-order valence-corrected chi connectivity index (χ4v) is 3.61. The van der Waals surface area contributed by atoms with E-state index in [1.165, 1.54) is 62.7 Å². The molecule has 0 aromatic heterocycles. The topological polar surface area (TPSA) is 114 Å². The van der Waals surface area contributed by atoms with E-state index in [1.54, 1.807) is 12.1 Å². The zero-order valence-electron chi connectivity index (χ0n) is 17.2. The molecule has 0 aliphatic carbocycles. The Labute approximate surface area is 184 Å². The first-order chi connectivity index (χ1) is 15.2. The molecule has 3 aromatic carbocycles. The Bertz CT molecular complexity index is 1280. The maximum atomic E-state index is 13.4. The van der Waals surface area contributed by atoms with Crippen molar-refractivity contribution in [2.75, 3.05) is 24.8 Å². The van der Waals surface area contributed by atoms with Gasteiger partial charge in [0.15, 0.2) is 0 Å². The summed E-state index contributed by atoms with van der Waals surface area (Å²) in [6, 6.07) is 15.3. The summed E-state index contributed by atoms with van der Waals surface area (Å²) >= 11 is 0. The fraction of sp³-hybridized carbons (Fsp3) is 0.0909. The Balaban J connectivity index is 1.83. The van der Waals surface area contributed by atoms with Crippen LogP contribution in [-0.2, 0) is 10.0 Å². The van der Waals surface area contributed by atoms with Crippen LogP contribution in [0.25, 0.3) is 0 Å². The molecular weight excluding hydrogens is 437 g/mol. The lowest BCUT2D eigenvalue weighted by Crippen LogP contribution is -2.19. The monoisotopic (exact) mass is 457 g/mol. The van der Waals surface area contributed by atoms with E-state index < -0.39 is 27.7 Å². The van der Waals surface area contributed by atoms with Gasteiger partial charge in [-0.15, -0.1) is 0 Å². The van der Waals surface area contributed by atoms with Gasteiger partial charge in [0.25, 0.3) is 11.8 Å². The molecule has 0 aliphatic heterocycles. The molecule has 3 aromatic rings. The number of nitrogens with one attached hydrogen (secondary N) is 3. The minimum absolute atomic E-state index is 0.0505. The third-order valence-corrected chi connectivity index (χ3v) is 5.88. The molecule has 0 unspecified atom stereocenters. The van der Waals surface area contributed by atoms with E-state index in [9.17, 15) is 22.4 Å². The second-order valence-corrected chi connectivity index (χ2v) is 8.46. The van der Waals surface area contributed by atoms with E-state index in [0.717, 1.165) is 6.07 Å². The van der Waals surface area contributed by atoms with Crippen molar-refractivity contribution < 1.29 is 27.1 Å². The van der Waals surface area contributed by atoms with Crippen LogP contribution in [0, 0.1) is 5.82 Å². The van der Waals surface area contributed by atoms with Gasteiger partial charge in [0.1, 0.15) is 11.6 Å². The number of methoxy groups -OCH3 is 1. The highest BCUT2D eigenvalue weighted by molar-refractivity contribution is 7.89. The number of halogens is 1. The summed E-state index contributed by atoms with van der Waals surface area (Å²) in [5, 5.41) is 5.27. The molecule has 2 amide bonds. The number of ether oxygens (including phenoxy) is 1. The first kappa shape index (κ1) is 22.9. The number of benzene rings is 3. The smallest absolute Gasteiger partial charge is 0.255 e. The Morgan fingerprint density at radius 2 is 1.53 bits per heavy atom. The van der Waals surface area contributed by atoms with Crippen molar-refractivity contribution in [3.63, 3.8) is 0 Å². The molecular formula is C22H20FN3O5S. The Morgan fingerprint density at radius 1 is 0.875 bits per heavy atom. The van der Waals surface area contributed by atoms with Crippen LogP contribution in [0.3, 0.4) is 0 Å². The SMILES string of the molecule is CNS(=O)(=O)c1cccc(C(=O)Nc2ccc(OC)c(NC(=O)c3cccc(F)c3)c2)c1. The number of hydrogen-bond donors (Lipinski definition) is 3. The molecule has 3 N–H and O–H groups in total. The highest BCUT2D eigenvalue weighted by atomic mass is 32.2. The summed E-state index contributed by atoms with van der Waals surface area (Å²) in [5.41, 5.74) is 0.824. The van der Waals surface area contributed by atoms with Crippen LogP contribution in [0.1, 0.15) is 20.7 Å². The van der Waals surface area contributed by atoms with Crippen molar-refractivity contribution in [2.24, 2.45) is 0 Å². The normalized spacial score (nSPS) is 11.0. The van der Waals surface area contributed by atoms with Gasteiger partial charge in [-0.3, -0.25) is 9.59 Å². The van der Waals surface area contributed by atoms with E-state index in [1.807, 2.05) is 0 Å². The first-order valence-corrected chi connectivity index (χ1v) is 10.8. The Morgan fingerprint density at radius 3 is 2.19 bits per heavy atom. The third kappa shape index (κ3) is 5.29. The van der Waals surface area contributed by atoms with Crippen LogP contribution in [-0.4, -0.2) is 34.4 Å². The van der Waals surface area contributed by atoms with Gasteiger partial charge in [0.05, 0.1) is 17.7 Å². The summed E-state index contributed by atoms with van der Waals surface area (Å²) in [4.78, 5) is 25.1. The lowest BCUT2D eigenvalue weighted by atomic mass is 10.2. The summed E-state index contributed by atoms with van der Waals surface area (Å²) in [5.74, 6) is -1.33. The fourth-order valence-electron chi connectivity index (χ4n) is 2.83. The molecule has 166 valence electrons. The van der Waals surface area contributed by atoms with Gasteiger partial charge in [-0.25, -0.2) is 17.5 Å². The van der Waals surface area contributed by atoms with Gasteiger partial charge in [-0.05, 0) is 61.6 Å². The Hall–Kier alpha value is -3.76. The minimum Gasteiger partial charge on any atom is -0.495 e. The number of rotatable bonds is 7. The molecule has 0 radical (unpaired) electrons. The molecule has 3 rings (SSSR count). The van der Waals surface area contributed by atoms with Crippen molar-refractivity contribution in [3.8, 4) is 5.75 Å². The minimum atomic E-state index is -3.71. The van der Waals surface area contributed by atoms with Crippen LogP contribution >= 0.6 is 0 Å². The summed E-state index contributed by atoms with van der Waals surface area (Å²) in [7, 11) is -1.01. The van der Waals surface area contributed by atoms with Crippen molar-refractivity contribution in [2.45, 2.75) is 4.90 Å². The maximum Gasteiger partial charge on any atom is 0.255 e. The standard InChI is InChI=1S/C22H20FN3O5S/c1-24-32(29,30)18-8-4-6-15(12-18)21(27)25-17-9-10-20(31-2)19(13-17)26-22(28)14-5-3-7-16(23)11-14/h3-13,24H,1-2H3,(H,25,27)(H,26,28). The number of hydrogen-bond acceptors (Lipinski definition) is 5. The highest BCUT2D eigenvalue weighted by Gasteiger charge is 2.16. The van der Waals surface area contributed by atoms with Gasteiger partial charge in [-0.2, -0.15) is 0 Å². The highest BCUT2D eigenvalue weighted by Crippen LogP contribution is 2.29. The molecule has 0 fully saturated rings. The molecule has 8 nitrogen and oxygen atoms in total. The molecule has 0 spiro atoms. The predicted octanol–water partition coefficient (Wildman–Crippen LogP) is 3.25. The Kier molecular flexibility index (Phi) is 6.86. The van der Waals surface area contributed by atoms with Gasteiger partial charge in [-0.1, -0.05) is 12.1 Å². The molecule has 0 atom stereocenters. The molecule has 10 heteroatoms. The molecule has 0 saturated carbocycles. The van der Waals surface area contributed by atoms with Crippen LogP contribution in [0.15, 0.2) is 71.6 Å². The van der Waals surface area contributed by atoms with Crippen LogP contribution in [0.5, 0.6) is 5.75 Å². The number of sulfonamides is 1. The van der Waals surface area contributed by atoms with Gasteiger partial charge in [0, 0.05) is 16.8 Å². The number of carbonyl (C=O) groups is 2. The zero-order valence-corrected chi connectivity index (χ0v) is 18.0. The maximum absolute atomic E-state index is 13.4. The van der Waals surface area contributed by atoms with Crippen LogP contribution in [0.4, 0.5) is 15.8 Å². The summed E-state index contributed by atoms with van der Waals surface area (Å²) in [6.07, 6.45) is 0. The van der Waals surface area contributed by atoms with Gasteiger partial charge >= 0.3 is 0 Å². The summed E-state index contributed by atoms with van der Waals surface area (Å²) < 4.78 is 44.8. The van der Waals surface area contributed by atoms with Gasteiger partial charge in [0.2, 0.25) is 10.0 Å². The van der Waals surface area contributed by atoms with Crippen LogP contribution in [0.2, 0.25) is 0 Å². The van der Waals surface area contributed by atoms with Crippen LogP contribution < -0.4 is 20.1 Å². The number of amides is 2. The molecule has 32 heavy (non-hydrogen) atoms. The second-order valence-electron chi connectivity index (χ2n) is 6.57. The first-order valence-electron chi connectivity index (χ1n) is 9.33. The van der Waals surface area contributed by atoms with Crippen molar-refractivity contribution >= 4 is 33.2 Å². The summed E-state index contributed by atoms with van der Waals surface area (Å²) in [6.45, 7) is 0. The van der Waals surface area contributed by atoms with Gasteiger partial charge < -0.3 is 15.4 Å². The number of carbonyl (C=O) groups excluding carboxylic acids is 2. The number of anilines is 2. The average Bonchev–Trinajstić information content (AvgIpc) is 2.79. The van der Waals surface area contributed by atoms with Crippen molar-refractivity contribution in [1.29, 1.82) is 0 Å². The predicted molar refractivity (Wildman–Crippen MR) is 118 cm³/mol. The van der Waals surface area contributed by atoms with E-state index in [4.69, 9.17) is 4.74 Å². The average molecular weight is 457 g/mol. The van der Waals surface area contributed by atoms with E-state index in [0.29, 0.717) is 11.4 Å². The largest absolute Gasteiger partial charge is 0.495 e. The van der Waals surface area contributed by atoms with E-state index in [-0.39, 0.29) is 21.7 Å². The molecule has 0 bridgehead atoms. The second kappa shape index (κ2) is 9.58. The lowest BCUT2D eigenvalue weighted by molar-refractivity contribution is 0.101. The zero-order chi connectivity index (χ0) is 23.3. The van der Waals surface area contributed by atoms with Crippen molar-refractivity contribution in [1.82, 2.24) is 4.72 Å². The molecule has 0 aliphatic rings. The lowest BCUT2D eigenvalue weighted by Gasteiger charge is -2.13. The van der Waals surface area contributed by atoms with Crippen molar-refractivity contribution in [3.05, 3.63) is 83.7 Å².